The van der Waals surface area contributed by atoms with E-state index < -0.39 is 4.92 Å². The molecule has 106 valence electrons. The first-order valence-electron chi connectivity index (χ1n) is 6.16. The van der Waals surface area contributed by atoms with Crippen LogP contribution in [0.15, 0.2) is 36.4 Å². The fourth-order valence-corrected chi connectivity index (χ4v) is 2.20. The van der Waals surface area contributed by atoms with Gasteiger partial charge in [0.05, 0.1) is 17.6 Å². The second-order valence-corrected chi connectivity index (χ2v) is 4.20. The number of ether oxygens (including phenoxy) is 1. The highest BCUT2D eigenvalue weighted by Gasteiger charge is 2.21. The van der Waals surface area contributed by atoms with Crippen LogP contribution in [0, 0.1) is 21.4 Å². The minimum atomic E-state index is -0.515. The molecular weight excluding hydrogens is 270 g/mol. The molecule has 0 saturated carbocycles. The summed E-state index contributed by atoms with van der Waals surface area (Å²) >= 11 is 0. The van der Waals surface area contributed by atoms with E-state index in [0.717, 1.165) is 0 Å². The predicted molar refractivity (Wildman–Crippen MR) is 79.3 cm³/mol. The molecule has 0 bridgehead atoms. The third-order valence-corrected chi connectivity index (χ3v) is 3.14. The number of hydrogen-bond acceptors (Lipinski definition) is 5. The van der Waals surface area contributed by atoms with E-state index in [9.17, 15) is 15.4 Å². The number of para-hydroxylation sites is 1. The second-order valence-electron chi connectivity index (χ2n) is 4.20. The van der Waals surface area contributed by atoms with Crippen molar-refractivity contribution in [2.45, 2.75) is 0 Å². The molecule has 0 spiro atoms. The van der Waals surface area contributed by atoms with Gasteiger partial charge >= 0.3 is 0 Å². The van der Waals surface area contributed by atoms with E-state index in [4.69, 9.17) is 4.74 Å². The standard InChI is InChI=1S/C15H13N3O3/c1-17-15-12(9-16)10(7-8-13(15)18(19)20)11-5-3-4-6-14(11)21-2/h3-8,17H,1-2H3. The molecule has 0 aromatic heterocycles. The number of nitrogens with one attached hydrogen (secondary N) is 1. The SMILES string of the molecule is CNc1c([N+](=O)[O-])ccc(-c2ccccc2OC)c1C#N. The van der Waals surface area contributed by atoms with Crippen molar-refractivity contribution in [2.75, 3.05) is 19.5 Å². The minimum absolute atomic E-state index is 0.132. The third-order valence-electron chi connectivity index (χ3n) is 3.14. The van der Waals surface area contributed by atoms with Gasteiger partial charge in [-0.1, -0.05) is 18.2 Å². The van der Waals surface area contributed by atoms with Gasteiger partial charge < -0.3 is 10.1 Å². The summed E-state index contributed by atoms with van der Waals surface area (Å²) in [6.45, 7) is 0. The molecule has 21 heavy (non-hydrogen) atoms. The van der Waals surface area contributed by atoms with Gasteiger partial charge in [-0.15, -0.1) is 0 Å². The lowest BCUT2D eigenvalue weighted by Gasteiger charge is -2.12. The zero-order valence-corrected chi connectivity index (χ0v) is 11.6. The number of nitrogens with zero attached hydrogens (tertiary/aromatic N) is 2. The van der Waals surface area contributed by atoms with Crippen LogP contribution in [0.4, 0.5) is 11.4 Å². The second kappa shape index (κ2) is 5.92. The number of nitro benzene ring substituents is 1. The molecule has 0 amide bonds. The van der Waals surface area contributed by atoms with E-state index >= 15 is 0 Å². The molecular formula is C15H13N3O3. The van der Waals surface area contributed by atoms with Crippen LogP contribution in [0.1, 0.15) is 5.56 Å². The number of benzene rings is 2. The van der Waals surface area contributed by atoms with Crippen LogP contribution in [-0.4, -0.2) is 19.1 Å². The molecule has 2 aromatic rings. The largest absolute Gasteiger partial charge is 0.496 e. The molecule has 0 atom stereocenters. The van der Waals surface area contributed by atoms with E-state index in [-0.39, 0.29) is 16.9 Å². The molecule has 2 rings (SSSR count). The van der Waals surface area contributed by atoms with Crippen LogP contribution >= 0.6 is 0 Å². The Balaban J connectivity index is 2.77. The fraction of sp³-hybridized carbons (Fsp3) is 0.133. The van der Waals surface area contributed by atoms with Crippen LogP contribution < -0.4 is 10.1 Å². The Kier molecular flexibility index (Phi) is 4.05. The Bertz CT molecular complexity index is 735. The summed E-state index contributed by atoms with van der Waals surface area (Å²) in [5, 5.41) is 23.2. The molecule has 2 aromatic carbocycles. The summed E-state index contributed by atoms with van der Waals surface area (Å²) in [5.41, 5.74) is 1.59. The van der Waals surface area contributed by atoms with E-state index in [2.05, 4.69) is 5.32 Å². The van der Waals surface area contributed by atoms with E-state index in [1.165, 1.54) is 13.2 Å². The van der Waals surface area contributed by atoms with Gasteiger partial charge in [-0.3, -0.25) is 10.1 Å². The van der Waals surface area contributed by atoms with Crippen molar-refractivity contribution in [1.82, 2.24) is 0 Å². The van der Waals surface area contributed by atoms with Crippen molar-refractivity contribution in [1.29, 1.82) is 5.26 Å². The number of anilines is 1. The first kappa shape index (κ1) is 14.3. The molecule has 0 aliphatic rings. The normalized spacial score (nSPS) is 9.76. The van der Waals surface area contributed by atoms with E-state index in [1.54, 1.807) is 25.2 Å². The Morgan fingerprint density at radius 2 is 1.95 bits per heavy atom. The summed E-state index contributed by atoms with van der Waals surface area (Å²) in [5.74, 6) is 0.602. The average Bonchev–Trinajstić information content (AvgIpc) is 2.52. The summed E-state index contributed by atoms with van der Waals surface area (Å²) in [6, 6.07) is 12.2. The number of hydrogen-bond donors (Lipinski definition) is 1. The Hall–Kier alpha value is -3.07. The zero-order valence-electron chi connectivity index (χ0n) is 11.6. The first-order chi connectivity index (χ1) is 10.1. The summed E-state index contributed by atoms with van der Waals surface area (Å²) in [4.78, 5) is 10.5. The van der Waals surface area contributed by atoms with E-state index in [0.29, 0.717) is 16.9 Å². The van der Waals surface area contributed by atoms with Gasteiger partial charge in [-0.05, 0) is 12.1 Å². The molecule has 0 radical (unpaired) electrons. The van der Waals surface area contributed by atoms with Gasteiger partial charge in [0.25, 0.3) is 5.69 Å². The molecule has 0 aliphatic heterocycles. The molecule has 6 nitrogen and oxygen atoms in total. The van der Waals surface area contributed by atoms with Gasteiger partial charge in [0.2, 0.25) is 0 Å². The van der Waals surface area contributed by atoms with Gasteiger partial charge in [-0.2, -0.15) is 5.26 Å². The maximum absolute atomic E-state index is 11.1. The Morgan fingerprint density at radius 3 is 2.52 bits per heavy atom. The number of nitro groups is 1. The highest BCUT2D eigenvalue weighted by molar-refractivity contribution is 5.85. The molecule has 0 aliphatic carbocycles. The maximum atomic E-state index is 11.1. The predicted octanol–water partition coefficient (Wildman–Crippen LogP) is 3.18. The number of methoxy groups -OCH3 is 1. The Morgan fingerprint density at radius 1 is 1.24 bits per heavy atom. The third kappa shape index (κ3) is 2.49. The minimum Gasteiger partial charge on any atom is -0.496 e. The van der Waals surface area contributed by atoms with E-state index in [1.807, 2.05) is 18.2 Å². The lowest BCUT2D eigenvalue weighted by Crippen LogP contribution is -2.01. The zero-order chi connectivity index (χ0) is 15.4. The van der Waals surface area contributed by atoms with Crippen LogP contribution in [0.25, 0.3) is 11.1 Å². The fourth-order valence-electron chi connectivity index (χ4n) is 2.20. The summed E-state index contributed by atoms with van der Waals surface area (Å²) < 4.78 is 5.29. The smallest absolute Gasteiger partial charge is 0.293 e. The van der Waals surface area contributed by atoms with Crippen molar-refractivity contribution in [3.8, 4) is 22.9 Å². The molecule has 0 fully saturated rings. The highest BCUT2D eigenvalue weighted by Crippen LogP contribution is 2.38. The van der Waals surface area contributed by atoms with Gasteiger partial charge in [-0.25, -0.2) is 0 Å². The van der Waals surface area contributed by atoms with Crippen LogP contribution in [0.2, 0.25) is 0 Å². The number of rotatable bonds is 4. The van der Waals surface area contributed by atoms with Crippen molar-refractivity contribution in [3.05, 3.63) is 52.1 Å². The van der Waals surface area contributed by atoms with Crippen molar-refractivity contribution >= 4 is 11.4 Å². The molecule has 0 heterocycles. The topological polar surface area (TPSA) is 88.2 Å². The van der Waals surface area contributed by atoms with Crippen molar-refractivity contribution < 1.29 is 9.66 Å². The van der Waals surface area contributed by atoms with Gasteiger partial charge in [0.1, 0.15) is 17.5 Å². The van der Waals surface area contributed by atoms with Gasteiger partial charge in [0, 0.05) is 24.2 Å². The highest BCUT2D eigenvalue weighted by atomic mass is 16.6. The number of nitriles is 1. The summed E-state index contributed by atoms with van der Waals surface area (Å²) in [6.07, 6.45) is 0. The van der Waals surface area contributed by atoms with Crippen LogP contribution in [-0.2, 0) is 0 Å². The lowest BCUT2D eigenvalue weighted by molar-refractivity contribution is -0.383. The average molecular weight is 283 g/mol. The molecule has 0 unspecified atom stereocenters. The summed E-state index contributed by atoms with van der Waals surface area (Å²) in [7, 11) is 3.09. The monoisotopic (exact) mass is 283 g/mol. The van der Waals surface area contributed by atoms with Crippen molar-refractivity contribution in [2.24, 2.45) is 0 Å². The maximum Gasteiger partial charge on any atom is 0.293 e. The lowest BCUT2D eigenvalue weighted by atomic mass is 9.97. The van der Waals surface area contributed by atoms with Crippen LogP contribution in [0.3, 0.4) is 0 Å². The molecule has 6 heteroatoms. The quantitative estimate of drug-likeness (QED) is 0.687. The Labute approximate surface area is 121 Å². The first-order valence-corrected chi connectivity index (χ1v) is 6.16. The van der Waals surface area contributed by atoms with Gasteiger partial charge in [0.15, 0.2) is 0 Å². The van der Waals surface area contributed by atoms with Crippen LogP contribution in [0.5, 0.6) is 5.75 Å². The van der Waals surface area contributed by atoms with Crippen molar-refractivity contribution in [3.63, 3.8) is 0 Å². The molecule has 0 saturated heterocycles. The molecule has 1 N–H and O–H groups in total.